The number of carboxylic acid groups (broad SMARTS) is 1. The zero-order valence-electron chi connectivity index (χ0n) is 16.6. The molecule has 0 radical (unpaired) electrons. The number of anilines is 2. The average Bonchev–Trinajstić information content (AvgIpc) is 3.52. The first kappa shape index (κ1) is 23.0. The van der Waals surface area contributed by atoms with E-state index < -0.39 is 47.2 Å². The molecular weight excluding hydrogens is 472 g/mol. The molecule has 0 spiro atoms. The Morgan fingerprint density at radius 2 is 1.91 bits per heavy atom. The molecule has 3 N–H and O–H groups in total. The van der Waals surface area contributed by atoms with E-state index in [2.05, 4.69) is 0 Å². The minimum absolute atomic E-state index is 0.0447. The number of amides is 1. The highest BCUT2D eigenvalue weighted by molar-refractivity contribution is 7.81. The first-order valence-electron chi connectivity index (χ1n) is 9.56. The summed E-state index contributed by atoms with van der Waals surface area (Å²) in [6.07, 6.45) is -4.37. The molecule has 1 heterocycles. The fourth-order valence-electron chi connectivity index (χ4n) is 3.88. The van der Waals surface area contributed by atoms with E-state index in [9.17, 15) is 41.0 Å². The Morgan fingerprint density at radius 3 is 2.55 bits per heavy atom. The van der Waals surface area contributed by atoms with Gasteiger partial charge >= 0.3 is 18.1 Å². The van der Waals surface area contributed by atoms with Gasteiger partial charge in [0.05, 0.1) is 18.0 Å². The lowest BCUT2D eigenvalue weighted by molar-refractivity contribution is -0.173. The van der Waals surface area contributed by atoms with Crippen molar-refractivity contribution in [3.8, 4) is 5.75 Å². The summed E-state index contributed by atoms with van der Waals surface area (Å²) in [5, 5.41) is 11.4. The topological polar surface area (TPSA) is 116 Å². The lowest BCUT2D eigenvalue weighted by atomic mass is 9.99. The first-order chi connectivity index (χ1) is 15.5. The molecule has 3 atom stereocenters. The van der Waals surface area contributed by atoms with E-state index in [4.69, 9.17) is 4.74 Å². The number of carbonyl (C=O) groups excluding carboxylic acids is 1. The maximum absolute atomic E-state index is 13.8. The maximum Gasteiger partial charge on any atom is 0.471 e. The van der Waals surface area contributed by atoms with E-state index in [-0.39, 0.29) is 41.1 Å². The second kappa shape index (κ2) is 8.30. The summed E-state index contributed by atoms with van der Waals surface area (Å²) < 4.78 is 80.0. The molecule has 2 aromatic carbocycles. The highest BCUT2D eigenvalue weighted by Crippen LogP contribution is 2.56. The number of fused-ring (bicyclic) bond motifs is 3. The molecule has 176 valence electrons. The third-order valence-corrected chi connectivity index (χ3v) is 6.18. The van der Waals surface area contributed by atoms with Gasteiger partial charge < -0.3 is 15.2 Å². The van der Waals surface area contributed by atoms with Crippen LogP contribution in [0.4, 0.5) is 28.9 Å². The van der Waals surface area contributed by atoms with Crippen LogP contribution in [0.5, 0.6) is 5.75 Å². The highest BCUT2D eigenvalue weighted by Gasteiger charge is 2.46. The van der Waals surface area contributed by atoms with E-state index in [0.29, 0.717) is 9.87 Å². The van der Waals surface area contributed by atoms with Gasteiger partial charge in [-0.05, 0) is 47.7 Å². The summed E-state index contributed by atoms with van der Waals surface area (Å²) in [7, 11) is 0. The third kappa shape index (κ3) is 4.37. The van der Waals surface area contributed by atoms with Crippen molar-refractivity contribution in [3.05, 3.63) is 52.8 Å². The number of carbonyl (C=O) groups is 2. The van der Waals surface area contributed by atoms with Crippen LogP contribution in [-0.2, 0) is 22.6 Å². The lowest BCUT2D eigenvalue weighted by Gasteiger charge is -2.27. The van der Waals surface area contributed by atoms with Gasteiger partial charge in [-0.1, -0.05) is 6.07 Å². The predicted octanol–water partition coefficient (Wildman–Crippen LogP) is 3.47. The van der Waals surface area contributed by atoms with Gasteiger partial charge in [-0.15, -0.1) is 0 Å². The van der Waals surface area contributed by atoms with E-state index in [1.807, 2.05) is 0 Å². The van der Waals surface area contributed by atoms with Gasteiger partial charge in [-0.2, -0.15) is 13.2 Å². The Bertz CT molecular complexity index is 1170. The summed E-state index contributed by atoms with van der Waals surface area (Å²) in [5.74, 6) is -4.19. The molecule has 1 aliphatic heterocycles. The Hall–Kier alpha value is -3.19. The predicted molar refractivity (Wildman–Crippen MR) is 107 cm³/mol. The SMILES string of the molecule is O=C(O)c1c(N(c2ccc(F)cc2CNC(=O)C(F)(F)F)S(=O)O)ccc2c1OC[C@@H]1C[C@H]21. The molecule has 1 fully saturated rings. The molecule has 8 nitrogen and oxygen atoms in total. The van der Waals surface area contributed by atoms with Gasteiger partial charge in [0, 0.05) is 12.5 Å². The third-order valence-electron chi connectivity index (χ3n) is 5.48. The van der Waals surface area contributed by atoms with Gasteiger partial charge in [-0.3, -0.25) is 9.35 Å². The molecule has 1 amide bonds. The number of ether oxygens (including phenoxy) is 1. The van der Waals surface area contributed by atoms with Crippen LogP contribution in [-0.4, -0.2) is 38.5 Å². The van der Waals surface area contributed by atoms with Gasteiger partial charge in [0.1, 0.15) is 17.1 Å². The second-order valence-corrected chi connectivity index (χ2v) is 8.40. The molecule has 0 aromatic heterocycles. The van der Waals surface area contributed by atoms with Crippen molar-refractivity contribution >= 4 is 34.5 Å². The van der Waals surface area contributed by atoms with Crippen LogP contribution in [0.25, 0.3) is 0 Å². The average molecular weight is 488 g/mol. The number of carboxylic acids is 1. The van der Waals surface area contributed by atoms with E-state index in [1.54, 1.807) is 11.4 Å². The Labute approximate surface area is 186 Å². The van der Waals surface area contributed by atoms with Crippen molar-refractivity contribution in [2.24, 2.45) is 5.92 Å². The number of benzene rings is 2. The van der Waals surface area contributed by atoms with E-state index in [1.165, 1.54) is 6.07 Å². The number of nitrogens with one attached hydrogen (secondary N) is 1. The Morgan fingerprint density at radius 1 is 1.21 bits per heavy atom. The zero-order valence-corrected chi connectivity index (χ0v) is 17.4. The first-order valence-corrected chi connectivity index (χ1v) is 10.6. The highest BCUT2D eigenvalue weighted by atomic mass is 32.2. The van der Waals surface area contributed by atoms with Crippen molar-refractivity contribution in [1.82, 2.24) is 5.32 Å². The molecular formula is C20H16F4N2O6S. The fraction of sp³-hybridized carbons (Fsp3) is 0.300. The number of hydrogen-bond donors (Lipinski definition) is 3. The molecule has 33 heavy (non-hydrogen) atoms. The minimum Gasteiger partial charge on any atom is -0.492 e. The largest absolute Gasteiger partial charge is 0.492 e. The maximum atomic E-state index is 13.8. The molecule has 2 aromatic rings. The van der Waals surface area contributed by atoms with E-state index in [0.717, 1.165) is 24.6 Å². The van der Waals surface area contributed by atoms with Gasteiger partial charge in [-0.25, -0.2) is 17.7 Å². The summed E-state index contributed by atoms with van der Waals surface area (Å²) >= 11 is -2.92. The van der Waals surface area contributed by atoms with Crippen molar-refractivity contribution in [3.63, 3.8) is 0 Å². The molecule has 2 aliphatic rings. The molecule has 1 saturated carbocycles. The summed E-state index contributed by atoms with van der Waals surface area (Å²) in [4.78, 5) is 23.3. The number of aromatic carboxylic acids is 1. The summed E-state index contributed by atoms with van der Waals surface area (Å²) in [6, 6.07) is 5.52. The van der Waals surface area contributed by atoms with Crippen LogP contribution in [0.15, 0.2) is 30.3 Å². The van der Waals surface area contributed by atoms with Gasteiger partial charge in [0.15, 0.2) is 0 Å². The van der Waals surface area contributed by atoms with Gasteiger partial charge in [0.2, 0.25) is 0 Å². The van der Waals surface area contributed by atoms with Crippen LogP contribution < -0.4 is 14.4 Å². The lowest BCUT2D eigenvalue weighted by Crippen LogP contribution is -2.36. The van der Waals surface area contributed by atoms with Crippen molar-refractivity contribution in [2.45, 2.75) is 25.1 Å². The number of halogens is 4. The number of rotatable bonds is 6. The quantitative estimate of drug-likeness (QED) is 0.424. The second-order valence-electron chi connectivity index (χ2n) is 7.58. The Balaban J connectivity index is 1.80. The summed E-state index contributed by atoms with van der Waals surface area (Å²) in [5.41, 5.74) is -0.603. The zero-order chi connectivity index (χ0) is 24.1. The molecule has 13 heteroatoms. The van der Waals surface area contributed by atoms with Crippen LogP contribution in [0.3, 0.4) is 0 Å². The minimum atomic E-state index is -5.19. The fourth-order valence-corrected chi connectivity index (χ4v) is 4.55. The number of alkyl halides is 3. The van der Waals surface area contributed by atoms with E-state index >= 15 is 0 Å². The Kier molecular flexibility index (Phi) is 5.78. The number of nitrogens with zero attached hydrogens (tertiary/aromatic N) is 1. The smallest absolute Gasteiger partial charge is 0.471 e. The van der Waals surface area contributed by atoms with Crippen molar-refractivity contribution in [1.29, 1.82) is 0 Å². The van der Waals surface area contributed by atoms with Crippen molar-refractivity contribution < 1.29 is 45.8 Å². The summed E-state index contributed by atoms with van der Waals surface area (Å²) in [6.45, 7) is -0.554. The van der Waals surface area contributed by atoms with Crippen molar-refractivity contribution in [2.75, 3.05) is 10.9 Å². The molecule has 4 rings (SSSR count). The molecule has 1 unspecified atom stereocenters. The molecule has 0 bridgehead atoms. The normalized spacial score (nSPS) is 19.5. The number of hydrogen-bond acceptors (Lipinski definition) is 4. The molecule has 0 saturated heterocycles. The van der Waals surface area contributed by atoms with Crippen LogP contribution in [0, 0.1) is 11.7 Å². The van der Waals surface area contributed by atoms with Crippen LogP contribution in [0.1, 0.15) is 33.8 Å². The van der Waals surface area contributed by atoms with Crippen LogP contribution >= 0.6 is 0 Å². The van der Waals surface area contributed by atoms with Crippen LogP contribution in [0.2, 0.25) is 0 Å². The monoisotopic (exact) mass is 488 g/mol. The molecule has 1 aliphatic carbocycles. The standard InChI is InChI=1S/C20H16F4N2O6S/c21-11-1-3-14(9(5-11)7-25-19(29)20(22,23)24)26(33(30)31)15-4-2-12-13-6-10(13)8-32-17(12)16(15)18(27)28/h1-5,10,13H,6-8H2,(H,25,29)(H,27,28)(H,30,31)/t10-,13-/m0/s1. The van der Waals surface area contributed by atoms with Gasteiger partial charge in [0.25, 0.3) is 11.3 Å².